The molecule has 0 saturated heterocycles. The quantitative estimate of drug-likeness (QED) is 0.819. The van der Waals surface area contributed by atoms with Crippen molar-refractivity contribution in [3.63, 3.8) is 0 Å². The highest BCUT2D eigenvalue weighted by Crippen LogP contribution is 2.13. The van der Waals surface area contributed by atoms with Crippen LogP contribution in [-0.4, -0.2) is 25.2 Å². The zero-order valence-electron chi connectivity index (χ0n) is 9.57. The molecule has 18 heavy (non-hydrogen) atoms. The van der Waals surface area contributed by atoms with Gasteiger partial charge in [-0.2, -0.15) is 13.2 Å². The summed E-state index contributed by atoms with van der Waals surface area (Å²) in [4.78, 5) is 11.0. The second-order valence-corrected chi connectivity index (χ2v) is 3.71. The number of rotatable bonds is 4. The summed E-state index contributed by atoms with van der Waals surface area (Å²) in [6, 6.07) is 4.22. The lowest BCUT2D eigenvalue weighted by Crippen LogP contribution is -2.37. The predicted octanol–water partition coefficient (Wildman–Crippen LogP) is 2.22. The van der Waals surface area contributed by atoms with Crippen LogP contribution in [-0.2, 0) is 4.79 Å². The van der Waals surface area contributed by atoms with E-state index in [2.05, 4.69) is 5.32 Å². The van der Waals surface area contributed by atoms with Gasteiger partial charge < -0.3 is 10.6 Å². The Labute approximate surface area is 101 Å². The van der Waals surface area contributed by atoms with Crippen molar-refractivity contribution in [3.05, 3.63) is 29.6 Å². The molecule has 100 valence electrons. The van der Waals surface area contributed by atoms with Crippen LogP contribution < -0.4 is 10.6 Å². The fourth-order valence-corrected chi connectivity index (χ4v) is 1.15. The molecule has 1 amide bonds. The van der Waals surface area contributed by atoms with Crippen LogP contribution in [0.2, 0.25) is 0 Å². The maximum absolute atomic E-state index is 13.1. The van der Waals surface area contributed by atoms with E-state index in [1.807, 2.05) is 0 Å². The first-order valence-corrected chi connectivity index (χ1v) is 5.11. The first-order valence-electron chi connectivity index (χ1n) is 5.11. The summed E-state index contributed by atoms with van der Waals surface area (Å²) in [5.41, 5.74) is 0.780. The average Bonchev–Trinajstić information content (AvgIpc) is 2.27. The monoisotopic (exact) mass is 264 g/mol. The van der Waals surface area contributed by atoms with Gasteiger partial charge in [0.15, 0.2) is 0 Å². The number of anilines is 1. The second-order valence-electron chi connectivity index (χ2n) is 3.71. The van der Waals surface area contributed by atoms with Gasteiger partial charge in [-0.1, -0.05) is 6.07 Å². The minimum atomic E-state index is -4.44. The molecule has 0 aliphatic rings. The van der Waals surface area contributed by atoms with Crippen LogP contribution in [0.25, 0.3) is 0 Å². The van der Waals surface area contributed by atoms with E-state index in [9.17, 15) is 22.4 Å². The van der Waals surface area contributed by atoms with Gasteiger partial charge in [0, 0.05) is 5.69 Å². The molecule has 0 atom stereocenters. The van der Waals surface area contributed by atoms with Crippen molar-refractivity contribution >= 4 is 11.6 Å². The van der Waals surface area contributed by atoms with Gasteiger partial charge in [-0.15, -0.1) is 0 Å². The zero-order valence-corrected chi connectivity index (χ0v) is 9.57. The number of carbonyl (C=O) groups excluding carboxylic acids is 1. The van der Waals surface area contributed by atoms with Crippen molar-refractivity contribution in [1.29, 1.82) is 0 Å². The normalized spacial score (nSPS) is 11.2. The summed E-state index contributed by atoms with van der Waals surface area (Å²) in [5, 5.41) is 4.23. The van der Waals surface area contributed by atoms with Crippen LogP contribution in [0.4, 0.5) is 23.2 Å². The Hall–Kier alpha value is -1.79. The average molecular weight is 264 g/mol. The lowest BCUT2D eigenvalue weighted by atomic mass is 10.2. The van der Waals surface area contributed by atoms with Gasteiger partial charge in [0.05, 0.1) is 6.54 Å². The first kappa shape index (κ1) is 14.3. The molecule has 0 saturated carbocycles. The number of amides is 1. The van der Waals surface area contributed by atoms with Crippen molar-refractivity contribution in [1.82, 2.24) is 5.32 Å². The fourth-order valence-electron chi connectivity index (χ4n) is 1.15. The number of hydrogen-bond acceptors (Lipinski definition) is 2. The number of hydrogen-bond donors (Lipinski definition) is 2. The van der Waals surface area contributed by atoms with Gasteiger partial charge in [-0.3, -0.25) is 4.79 Å². The number of halogens is 4. The largest absolute Gasteiger partial charge is 0.405 e. The second kappa shape index (κ2) is 5.70. The van der Waals surface area contributed by atoms with E-state index in [4.69, 9.17) is 0 Å². The Bertz CT molecular complexity index is 432. The number of nitrogens with one attached hydrogen (secondary N) is 2. The minimum absolute atomic E-state index is 0.334. The lowest BCUT2D eigenvalue weighted by Gasteiger charge is -2.10. The number of benzene rings is 1. The van der Waals surface area contributed by atoms with Crippen molar-refractivity contribution < 1.29 is 22.4 Å². The van der Waals surface area contributed by atoms with E-state index in [0.29, 0.717) is 11.3 Å². The third-order valence-corrected chi connectivity index (χ3v) is 2.11. The van der Waals surface area contributed by atoms with E-state index in [1.54, 1.807) is 12.2 Å². The van der Waals surface area contributed by atoms with Crippen LogP contribution in [0.1, 0.15) is 5.56 Å². The van der Waals surface area contributed by atoms with Crippen LogP contribution >= 0.6 is 0 Å². The van der Waals surface area contributed by atoms with Gasteiger partial charge in [-0.25, -0.2) is 4.39 Å². The Kier molecular flexibility index (Phi) is 4.52. The van der Waals surface area contributed by atoms with E-state index in [-0.39, 0.29) is 6.54 Å². The molecule has 0 aliphatic carbocycles. The number of alkyl halides is 3. The topological polar surface area (TPSA) is 41.1 Å². The molecule has 0 fully saturated rings. The first-order chi connectivity index (χ1) is 8.28. The van der Waals surface area contributed by atoms with Crippen molar-refractivity contribution in [2.24, 2.45) is 0 Å². The van der Waals surface area contributed by atoms with Crippen LogP contribution in [0.15, 0.2) is 18.2 Å². The molecule has 0 unspecified atom stereocenters. The minimum Gasteiger partial charge on any atom is -0.376 e. The van der Waals surface area contributed by atoms with Crippen molar-refractivity contribution in [2.45, 2.75) is 13.1 Å². The third kappa shape index (κ3) is 5.03. The Morgan fingerprint density at radius 3 is 2.56 bits per heavy atom. The van der Waals surface area contributed by atoms with E-state index in [0.717, 1.165) is 0 Å². The third-order valence-electron chi connectivity index (χ3n) is 2.11. The molecular weight excluding hydrogens is 252 g/mol. The molecule has 0 heterocycles. The van der Waals surface area contributed by atoms with Crippen molar-refractivity contribution in [2.75, 3.05) is 18.4 Å². The van der Waals surface area contributed by atoms with Gasteiger partial charge in [0.2, 0.25) is 5.91 Å². The molecular formula is C11H12F4N2O. The van der Waals surface area contributed by atoms with Crippen LogP contribution in [0, 0.1) is 12.7 Å². The highest BCUT2D eigenvalue weighted by atomic mass is 19.4. The molecule has 0 aliphatic heterocycles. The van der Waals surface area contributed by atoms with Crippen LogP contribution in [0.3, 0.4) is 0 Å². The summed E-state index contributed by atoms with van der Waals surface area (Å²) in [6.45, 7) is -0.149. The molecule has 0 spiro atoms. The highest BCUT2D eigenvalue weighted by molar-refractivity contribution is 5.80. The Morgan fingerprint density at radius 2 is 2.00 bits per heavy atom. The van der Waals surface area contributed by atoms with Gasteiger partial charge in [-0.05, 0) is 24.6 Å². The maximum Gasteiger partial charge on any atom is 0.405 e. The standard InChI is InChI=1S/C11H12F4N2O/c1-7-2-3-8(4-9(7)12)16-5-10(18)17-6-11(13,14)15/h2-4,16H,5-6H2,1H3,(H,17,18). The smallest absolute Gasteiger partial charge is 0.376 e. The molecule has 2 N–H and O–H groups in total. The summed E-state index contributed by atoms with van der Waals surface area (Å²) in [7, 11) is 0. The predicted molar refractivity (Wildman–Crippen MR) is 58.7 cm³/mol. The van der Waals surface area contributed by atoms with Gasteiger partial charge >= 0.3 is 6.18 Å². The fraction of sp³-hybridized carbons (Fsp3) is 0.364. The Morgan fingerprint density at radius 1 is 1.33 bits per heavy atom. The molecule has 0 aromatic heterocycles. The molecule has 0 radical (unpaired) electrons. The molecule has 0 bridgehead atoms. The Balaban J connectivity index is 2.40. The lowest BCUT2D eigenvalue weighted by molar-refractivity contribution is -0.137. The van der Waals surface area contributed by atoms with E-state index < -0.39 is 24.4 Å². The number of aryl methyl sites for hydroxylation is 1. The summed E-state index contributed by atoms with van der Waals surface area (Å²) in [5.74, 6) is -1.26. The molecule has 1 aromatic rings. The molecule has 7 heteroatoms. The van der Waals surface area contributed by atoms with E-state index in [1.165, 1.54) is 18.2 Å². The summed E-state index contributed by atoms with van der Waals surface area (Å²) < 4.78 is 48.5. The molecule has 1 rings (SSSR count). The van der Waals surface area contributed by atoms with Crippen molar-refractivity contribution in [3.8, 4) is 0 Å². The van der Waals surface area contributed by atoms with Crippen LogP contribution in [0.5, 0.6) is 0 Å². The van der Waals surface area contributed by atoms with Gasteiger partial charge in [0.25, 0.3) is 0 Å². The van der Waals surface area contributed by atoms with E-state index >= 15 is 0 Å². The maximum atomic E-state index is 13.1. The van der Waals surface area contributed by atoms with Gasteiger partial charge in [0.1, 0.15) is 12.4 Å². The molecule has 3 nitrogen and oxygen atoms in total. The summed E-state index contributed by atoms with van der Waals surface area (Å²) >= 11 is 0. The SMILES string of the molecule is Cc1ccc(NCC(=O)NCC(F)(F)F)cc1F. The molecule has 1 aromatic carbocycles. The zero-order chi connectivity index (χ0) is 13.8. The summed E-state index contributed by atoms with van der Waals surface area (Å²) in [6.07, 6.45) is -4.44. The number of carbonyl (C=O) groups is 1. The highest BCUT2D eigenvalue weighted by Gasteiger charge is 2.27.